The lowest BCUT2D eigenvalue weighted by Gasteiger charge is -2.09. The van der Waals surface area contributed by atoms with Crippen molar-refractivity contribution < 1.29 is 13.2 Å². The third-order valence-corrected chi connectivity index (χ3v) is 2.72. The van der Waals surface area contributed by atoms with Crippen LogP contribution >= 0.6 is 23.8 Å². The van der Waals surface area contributed by atoms with E-state index in [0.717, 1.165) is 6.07 Å². The Labute approximate surface area is 110 Å². The van der Waals surface area contributed by atoms with Crippen LogP contribution in [0.25, 0.3) is 11.3 Å². The molecule has 2 nitrogen and oxygen atoms in total. The van der Waals surface area contributed by atoms with E-state index in [2.05, 4.69) is 17.2 Å². The zero-order chi connectivity index (χ0) is 13.3. The van der Waals surface area contributed by atoms with Crippen molar-refractivity contribution in [3.63, 3.8) is 0 Å². The van der Waals surface area contributed by atoms with Gasteiger partial charge in [-0.1, -0.05) is 29.8 Å². The van der Waals surface area contributed by atoms with Crippen molar-refractivity contribution in [1.29, 1.82) is 0 Å². The van der Waals surface area contributed by atoms with Crippen LogP contribution in [0.2, 0.25) is 5.02 Å². The van der Waals surface area contributed by atoms with Crippen LogP contribution in [0.5, 0.6) is 0 Å². The summed E-state index contributed by atoms with van der Waals surface area (Å²) in [4.78, 5) is 5.87. The summed E-state index contributed by atoms with van der Waals surface area (Å²) in [7, 11) is 0. The second kappa shape index (κ2) is 4.70. The zero-order valence-electron chi connectivity index (χ0n) is 8.75. The Morgan fingerprint density at radius 2 is 1.89 bits per heavy atom. The molecule has 18 heavy (non-hydrogen) atoms. The summed E-state index contributed by atoms with van der Waals surface area (Å²) in [5.74, 6) is 0. The average Bonchev–Trinajstić information content (AvgIpc) is 2.27. The van der Waals surface area contributed by atoms with Crippen molar-refractivity contribution in [3.8, 4) is 11.3 Å². The lowest BCUT2D eigenvalue weighted by atomic mass is 10.1. The number of alkyl halides is 3. The fraction of sp³-hybridized carbons (Fsp3) is 0.0909. The summed E-state index contributed by atoms with van der Waals surface area (Å²) in [6.07, 6.45) is -4.51. The number of benzene rings is 1. The highest BCUT2D eigenvalue weighted by atomic mass is 35.5. The van der Waals surface area contributed by atoms with Crippen molar-refractivity contribution >= 4 is 23.8 Å². The standard InChI is InChI=1S/C11H6ClF3N2S/c12-7-4-2-1-3-6(7)8-5-9(11(13,14)15)17-10(18)16-8/h1-5H,(H,16,17,18). The predicted octanol–water partition coefficient (Wildman–Crippen LogP) is 4.48. The second-order valence-electron chi connectivity index (χ2n) is 3.46. The molecule has 0 unspecified atom stereocenters. The minimum absolute atomic E-state index is 0.0941. The van der Waals surface area contributed by atoms with Gasteiger partial charge in [-0.15, -0.1) is 0 Å². The van der Waals surface area contributed by atoms with E-state index in [1.807, 2.05) is 4.98 Å². The van der Waals surface area contributed by atoms with E-state index in [-0.39, 0.29) is 10.5 Å². The molecule has 0 aliphatic heterocycles. The van der Waals surface area contributed by atoms with Gasteiger partial charge in [-0.05, 0) is 24.4 Å². The molecule has 0 saturated heterocycles. The van der Waals surface area contributed by atoms with Gasteiger partial charge < -0.3 is 4.98 Å². The molecule has 1 N–H and O–H groups in total. The highest BCUT2D eigenvalue weighted by Gasteiger charge is 2.32. The normalized spacial score (nSPS) is 11.6. The molecule has 1 aromatic heterocycles. The zero-order valence-corrected chi connectivity index (χ0v) is 10.3. The molecule has 1 heterocycles. The molecule has 0 aliphatic rings. The Balaban J connectivity index is 2.63. The van der Waals surface area contributed by atoms with Crippen molar-refractivity contribution in [3.05, 3.63) is 45.8 Å². The Hall–Kier alpha value is -1.40. The molecule has 94 valence electrons. The van der Waals surface area contributed by atoms with E-state index in [1.54, 1.807) is 24.3 Å². The Bertz CT molecular complexity index is 637. The Morgan fingerprint density at radius 3 is 2.50 bits per heavy atom. The average molecular weight is 291 g/mol. The van der Waals surface area contributed by atoms with Gasteiger partial charge in [-0.25, -0.2) is 4.98 Å². The van der Waals surface area contributed by atoms with Gasteiger partial charge in [-0.2, -0.15) is 13.2 Å². The predicted molar refractivity (Wildman–Crippen MR) is 64.9 cm³/mol. The molecule has 0 aliphatic carbocycles. The maximum absolute atomic E-state index is 12.6. The number of nitrogens with one attached hydrogen (secondary N) is 1. The van der Waals surface area contributed by atoms with Gasteiger partial charge in [0.05, 0.1) is 5.69 Å². The van der Waals surface area contributed by atoms with Gasteiger partial charge in [0.25, 0.3) is 0 Å². The lowest BCUT2D eigenvalue weighted by molar-refractivity contribution is -0.141. The summed E-state index contributed by atoms with van der Waals surface area (Å²) in [5, 5.41) is 0.318. The molecule has 0 saturated carbocycles. The summed E-state index contributed by atoms with van der Waals surface area (Å²) in [6.45, 7) is 0. The summed E-state index contributed by atoms with van der Waals surface area (Å²) in [6, 6.07) is 7.39. The van der Waals surface area contributed by atoms with Crippen LogP contribution in [0.3, 0.4) is 0 Å². The number of nitrogens with zero attached hydrogens (tertiary/aromatic N) is 1. The summed E-state index contributed by atoms with van der Waals surface area (Å²) >= 11 is 10.6. The first kappa shape index (κ1) is 13.0. The van der Waals surface area contributed by atoms with Crippen molar-refractivity contribution in [2.75, 3.05) is 0 Å². The van der Waals surface area contributed by atoms with E-state index >= 15 is 0 Å². The highest BCUT2D eigenvalue weighted by molar-refractivity contribution is 7.71. The first-order valence-corrected chi connectivity index (χ1v) is 5.60. The van der Waals surface area contributed by atoms with Gasteiger partial charge in [0, 0.05) is 10.6 Å². The van der Waals surface area contributed by atoms with Gasteiger partial charge in [0.2, 0.25) is 0 Å². The summed E-state index contributed by atoms with van der Waals surface area (Å²) < 4.78 is 37.6. The highest BCUT2D eigenvalue weighted by Crippen LogP contribution is 2.31. The van der Waals surface area contributed by atoms with Gasteiger partial charge in [0.15, 0.2) is 4.77 Å². The maximum atomic E-state index is 12.6. The summed E-state index contributed by atoms with van der Waals surface area (Å²) in [5.41, 5.74) is -0.445. The van der Waals surface area contributed by atoms with Crippen molar-refractivity contribution in [1.82, 2.24) is 9.97 Å². The van der Waals surface area contributed by atoms with Gasteiger partial charge in [0.1, 0.15) is 5.69 Å². The molecule has 2 rings (SSSR count). The molecular formula is C11H6ClF3N2S. The Morgan fingerprint density at radius 1 is 1.22 bits per heavy atom. The van der Waals surface area contributed by atoms with Crippen molar-refractivity contribution in [2.24, 2.45) is 0 Å². The number of aromatic amines is 1. The van der Waals surface area contributed by atoms with E-state index in [0.29, 0.717) is 10.6 Å². The molecule has 0 radical (unpaired) electrons. The first-order chi connectivity index (χ1) is 8.38. The van der Waals surface area contributed by atoms with Crippen LogP contribution < -0.4 is 0 Å². The smallest absolute Gasteiger partial charge is 0.327 e. The molecule has 2 aromatic rings. The van der Waals surface area contributed by atoms with Gasteiger partial charge in [-0.3, -0.25) is 0 Å². The minimum atomic E-state index is -4.51. The molecule has 0 atom stereocenters. The number of hydrogen-bond donors (Lipinski definition) is 1. The SMILES string of the molecule is FC(F)(F)c1cc(-c2ccccc2Cl)nc(=S)[nH]1. The molecular weight excluding hydrogens is 285 g/mol. The van der Waals surface area contributed by atoms with Crippen LogP contribution in [0.4, 0.5) is 13.2 Å². The quantitative estimate of drug-likeness (QED) is 0.785. The van der Waals surface area contributed by atoms with Crippen LogP contribution in [0, 0.1) is 4.77 Å². The number of rotatable bonds is 1. The molecule has 0 bridgehead atoms. The van der Waals surface area contributed by atoms with Crippen molar-refractivity contribution in [2.45, 2.75) is 6.18 Å². The van der Waals surface area contributed by atoms with Crippen LogP contribution in [-0.2, 0) is 6.18 Å². The number of H-pyrrole nitrogens is 1. The third-order valence-electron chi connectivity index (χ3n) is 2.20. The fourth-order valence-corrected chi connectivity index (χ4v) is 1.86. The van der Waals surface area contributed by atoms with Crippen LogP contribution in [0.1, 0.15) is 5.69 Å². The van der Waals surface area contributed by atoms with Gasteiger partial charge >= 0.3 is 6.18 Å². The molecule has 7 heteroatoms. The molecule has 0 spiro atoms. The Kier molecular flexibility index (Phi) is 3.41. The molecule has 1 aromatic carbocycles. The van der Waals surface area contributed by atoms with E-state index in [4.69, 9.17) is 11.6 Å². The topological polar surface area (TPSA) is 28.7 Å². The van der Waals surface area contributed by atoms with E-state index in [9.17, 15) is 13.2 Å². The van der Waals surface area contributed by atoms with Crippen LogP contribution in [0.15, 0.2) is 30.3 Å². The van der Waals surface area contributed by atoms with E-state index < -0.39 is 11.9 Å². The fourth-order valence-electron chi connectivity index (χ4n) is 1.42. The molecule has 0 amide bonds. The maximum Gasteiger partial charge on any atom is 0.431 e. The number of halogens is 4. The lowest BCUT2D eigenvalue weighted by Crippen LogP contribution is -2.09. The second-order valence-corrected chi connectivity index (χ2v) is 4.26. The largest absolute Gasteiger partial charge is 0.431 e. The first-order valence-electron chi connectivity index (χ1n) is 4.81. The monoisotopic (exact) mass is 290 g/mol. The van der Waals surface area contributed by atoms with E-state index in [1.165, 1.54) is 0 Å². The third kappa shape index (κ3) is 2.70. The number of aromatic nitrogens is 2. The molecule has 0 fully saturated rings. The minimum Gasteiger partial charge on any atom is -0.327 e. The number of hydrogen-bond acceptors (Lipinski definition) is 2. The van der Waals surface area contributed by atoms with Crippen LogP contribution in [-0.4, -0.2) is 9.97 Å².